The zero-order valence-electron chi connectivity index (χ0n) is 16.0. The number of carbonyl (C=O) groups is 3. The summed E-state index contributed by atoms with van der Waals surface area (Å²) in [5, 5.41) is 0.614. The van der Waals surface area contributed by atoms with Crippen molar-refractivity contribution in [3.05, 3.63) is 75.6 Å². The van der Waals surface area contributed by atoms with Crippen LogP contribution in [0.3, 0.4) is 0 Å². The van der Waals surface area contributed by atoms with E-state index in [4.69, 9.17) is 13.9 Å². The van der Waals surface area contributed by atoms with Gasteiger partial charge in [-0.1, -0.05) is 12.1 Å². The number of methoxy groups -OCH3 is 1. The number of ether oxygens (including phenoxy) is 2. The summed E-state index contributed by atoms with van der Waals surface area (Å²) in [6.07, 6.45) is -0.154. The van der Waals surface area contributed by atoms with Crippen LogP contribution in [-0.2, 0) is 16.1 Å². The maximum absolute atomic E-state index is 12.3. The molecule has 8 nitrogen and oxygen atoms in total. The third-order valence-electron chi connectivity index (χ3n) is 4.84. The van der Waals surface area contributed by atoms with Gasteiger partial charge in [0.1, 0.15) is 17.9 Å². The Labute approximate surface area is 170 Å². The molecule has 4 rings (SSSR count). The molecule has 1 aliphatic heterocycles. The lowest BCUT2D eigenvalue weighted by atomic mass is 10.1. The van der Waals surface area contributed by atoms with Crippen molar-refractivity contribution >= 4 is 28.8 Å². The van der Waals surface area contributed by atoms with Gasteiger partial charge in [-0.2, -0.15) is 0 Å². The molecule has 0 saturated heterocycles. The molecule has 0 spiro atoms. The first-order valence-electron chi connectivity index (χ1n) is 9.19. The maximum Gasteiger partial charge on any atom is 0.336 e. The Bertz CT molecular complexity index is 1190. The molecule has 2 heterocycles. The minimum atomic E-state index is -0.596. The largest absolute Gasteiger partial charge is 0.497 e. The second kappa shape index (κ2) is 7.82. The average Bonchev–Trinajstić information content (AvgIpc) is 3.00. The van der Waals surface area contributed by atoms with E-state index in [-0.39, 0.29) is 19.6 Å². The fraction of sp³-hybridized carbons (Fsp3) is 0.182. The average molecular weight is 407 g/mol. The van der Waals surface area contributed by atoms with Crippen molar-refractivity contribution in [1.29, 1.82) is 0 Å². The number of hydrogen-bond acceptors (Lipinski definition) is 7. The lowest BCUT2D eigenvalue weighted by Gasteiger charge is -2.13. The quantitative estimate of drug-likeness (QED) is 0.351. The maximum atomic E-state index is 12.3. The number of imide groups is 1. The molecule has 30 heavy (non-hydrogen) atoms. The number of benzene rings is 2. The molecule has 0 radical (unpaired) electrons. The van der Waals surface area contributed by atoms with Gasteiger partial charge in [0.05, 0.1) is 24.7 Å². The number of hydrogen-bond donors (Lipinski definition) is 0. The summed E-state index contributed by atoms with van der Waals surface area (Å²) >= 11 is 0. The van der Waals surface area contributed by atoms with Crippen molar-refractivity contribution in [3.63, 3.8) is 0 Å². The van der Waals surface area contributed by atoms with Gasteiger partial charge in [-0.3, -0.25) is 19.3 Å². The highest BCUT2D eigenvalue weighted by atomic mass is 16.5. The lowest BCUT2D eigenvalue weighted by molar-refractivity contribution is -0.145. The summed E-state index contributed by atoms with van der Waals surface area (Å²) in [5.41, 5.74) is 0.882. The summed E-state index contributed by atoms with van der Waals surface area (Å²) in [7, 11) is 1.50. The highest BCUT2D eigenvalue weighted by Gasteiger charge is 2.35. The van der Waals surface area contributed by atoms with Gasteiger partial charge in [-0.25, -0.2) is 4.79 Å². The predicted octanol–water partition coefficient (Wildman–Crippen LogP) is 2.53. The van der Waals surface area contributed by atoms with Gasteiger partial charge in [0.2, 0.25) is 0 Å². The molecule has 0 bridgehead atoms. The highest BCUT2D eigenvalue weighted by molar-refractivity contribution is 6.21. The minimum absolute atomic E-state index is 0.0833. The summed E-state index contributed by atoms with van der Waals surface area (Å²) in [4.78, 5) is 49.7. The molecule has 0 saturated carbocycles. The number of nitrogens with zero attached hydrogens (tertiary/aromatic N) is 1. The van der Waals surface area contributed by atoms with Crippen molar-refractivity contribution in [3.8, 4) is 5.75 Å². The van der Waals surface area contributed by atoms with Crippen molar-refractivity contribution in [2.45, 2.75) is 13.0 Å². The Hall–Kier alpha value is -3.94. The monoisotopic (exact) mass is 407 g/mol. The fourth-order valence-electron chi connectivity index (χ4n) is 3.33. The van der Waals surface area contributed by atoms with E-state index in [1.807, 2.05) is 0 Å². The minimum Gasteiger partial charge on any atom is -0.497 e. The zero-order valence-corrected chi connectivity index (χ0v) is 16.0. The van der Waals surface area contributed by atoms with E-state index in [0.29, 0.717) is 33.4 Å². The summed E-state index contributed by atoms with van der Waals surface area (Å²) in [6, 6.07) is 12.8. The van der Waals surface area contributed by atoms with Crippen LogP contribution in [0.2, 0.25) is 0 Å². The summed E-state index contributed by atoms with van der Waals surface area (Å²) in [5.74, 6) is -0.921. The molecule has 2 amide bonds. The van der Waals surface area contributed by atoms with Crippen LogP contribution in [0, 0.1) is 0 Å². The number of rotatable bonds is 6. The smallest absolute Gasteiger partial charge is 0.336 e. The second-order valence-corrected chi connectivity index (χ2v) is 6.67. The van der Waals surface area contributed by atoms with E-state index in [0.717, 1.165) is 4.90 Å². The van der Waals surface area contributed by atoms with E-state index >= 15 is 0 Å². The number of carbonyl (C=O) groups excluding carboxylic acids is 3. The first-order valence-corrected chi connectivity index (χ1v) is 9.19. The Morgan fingerprint density at radius 3 is 2.37 bits per heavy atom. The Kier molecular flexibility index (Phi) is 5.05. The first kappa shape index (κ1) is 19.4. The van der Waals surface area contributed by atoms with Gasteiger partial charge in [0.15, 0.2) is 0 Å². The Balaban J connectivity index is 1.41. The van der Waals surface area contributed by atoms with Gasteiger partial charge in [-0.05, 0) is 24.3 Å². The zero-order chi connectivity index (χ0) is 21.3. The molecule has 3 aromatic rings. The SMILES string of the molecule is COc1ccc2c(COC(=O)CCN3C(=O)c4ccccc4C3=O)cc(=O)oc2c1. The number of esters is 1. The number of amides is 2. The van der Waals surface area contributed by atoms with E-state index in [1.165, 1.54) is 13.2 Å². The molecule has 0 fully saturated rings. The van der Waals surface area contributed by atoms with Crippen molar-refractivity contribution < 1.29 is 28.3 Å². The van der Waals surface area contributed by atoms with Crippen LogP contribution < -0.4 is 10.4 Å². The van der Waals surface area contributed by atoms with E-state index in [9.17, 15) is 19.2 Å². The molecule has 0 aliphatic carbocycles. The summed E-state index contributed by atoms with van der Waals surface area (Å²) in [6.45, 7) is -0.227. The van der Waals surface area contributed by atoms with Gasteiger partial charge in [0.25, 0.3) is 11.8 Å². The van der Waals surface area contributed by atoms with E-state index < -0.39 is 23.4 Å². The molecule has 2 aromatic carbocycles. The lowest BCUT2D eigenvalue weighted by Crippen LogP contribution is -2.32. The molecule has 152 valence electrons. The molecule has 0 atom stereocenters. The van der Waals surface area contributed by atoms with E-state index in [2.05, 4.69) is 0 Å². The third kappa shape index (κ3) is 3.55. The predicted molar refractivity (Wildman–Crippen MR) is 105 cm³/mol. The van der Waals surface area contributed by atoms with Crippen LogP contribution in [0.4, 0.5) is 0 Å². The van der Waals surface area contributed by atoms with Crippen LogP contribution in [-0.4, -0.2) is 36.3 Å². The molecule has 0 N–H and O–H groups in total. The molecule has 1 aliphatic rings. The van der Waals surface area contributed by atoms with Crippen LogP contribution in [0.15, 0.2) is 57.7 Å². The molecular formula is C22H17NO7. The van der Waals surface area contributed by atoms with Gasteiger partial charge in [0, 0.05) is 29.6 Å². The molecule has 0 unspecified atom stereocenters. The van der Waals surface area contributed by atoms with Gasteiger partial charge in [-0.15, -0.1) is 0 Å². The Morgan fingerprint density at radius 1 is 1.00 bits per heavy atom. The molecule has 8 heteroatoms. The van der Waals surface area contributed by atoms with Gasteiger partial charge < -0.3 is 13.9 Å². The van der Waals surface area contributed by atoms with Crippen LogP contribution in [0.1, 0.15) is 32.7 Å². The topological polar surface area (TPSA) is 103 Å². The van der Waals surface area contributed by atoms with Crippen LogP contribution >= 0.6 is 0 Å². The van der Waals surface area contributed by atoms with Crippen molar-refractivity contribution in [2.24, 2.45) is 0 Å². The van der Waals surface area contributed by atoms with Crippen molar-refractivity contribution in [1.82, 2.24) is 4.90 Å². The van der Waals surface area contributed by atoms with Gasteiger partial charge >= 0.3 is 11.6 Å². The van der Waals surface area contributed by atoms with Crippen molar-refractivity contribution in [2.75, 3.05) is 13.7 Å². The standard InChI is InChI=1S/C22H17NO7/c1-28-14-6-7-15-13(10-20(25)30-18(15)11-14)12-29-19(24)8-9-23-21(26)16-4-2-3-5-17(16)22(23)27/h2-7,10-11H,8-9,12H2,1H3. The molecule has 1 aromatic heterocycles. The summed E-state index contributed by atoms with van der Waals surface area (Å²) < 4.78 is 15.5. The first-order chi connectivity index (χ1) is 14.5. The fourth-order valence-corrected chi connectivity index (χ4v) is 3.33. The van der Waals surface area contributed by atoms with E-state index in [1.54, 1.807) is 42.5 Å². The second-order valence-electron chi connectivity index (χ2n) is 6.67. The van der Waals surface area contributed by atoms with Crippen LogP contribution in [0.5, 0.6) is 5.75 Å². The van der Waals surface area contributed by atoms with Crippen LogP contribution in [0.25, 0.3) is 11.0 Å². The Morgan fingerprint density at radius 2 is 1.70 bits per heavy atom. The molecular weight excluding hydrogens is 390 g/mol. The normalized spacial score (nSPS) is 12.9. The highest BCUT2D eigenvalue weighted by Crippen LogP contribution is 2.24. The number of fused-ring (bicyclic) bond motifs is 2. The third-order valence-corrected chi connectivity index (χ3v) is 4.84.